The molecule has 1 aliphatic heterocycles. The number of aromatic amines is 1. The zero-order valence-corrected chi connectivity index (χ0v) is 10.1. The van der Waals surface area contributed by atoms with Crippen molar-refractivity contribution in [3.63, 3.8) is 0 Å². The van der Waals surface area contributed by atoms with Crippen molar-refractivity contribution < 1.29 is 14.3 Å². The standard InChI is InChI=1S/C11H14N2O5/c1-6-8(14)5-7(10(17-2)18-6)13-4-3-9(15)12-11(13)16/h3-4,6-7,10H,5H2,1-2H3,(H,12,15,16)/t6-,7+,10+/m1/s1. The van der Waals surface area contributed by atoms with Gasteiger partial charge in [0.1, 0.15) is 6.10 Å². The number of hydrogen-bond donors (Lipinski definition) is 1. The third kappa shape index (κ3) is 2.27. The maximum absolute atomic E-state index is 11.7. The molecule has 98 valence electrons. The van der Waals surface area contributed by atoms with E-state index in [9.17, 15) is 14.4 Å². The Hall–Kier alpha value is -1.73. The van der Waals surface area contributed by atoms with Gasteiger partial charge in [-0.05, 0) is 6.92 Å². The molecule has 0 aromatic carbocycles. The Morgan fingerprint density at radius 3 is 2.78 bits per heavy atom. The zero-order valence-electron chi connectivity index (χ0n) is 10.1. The van der Waals surface area contributed by atoms with Crippen LogP contribution in [0.5, 0.6) is 0 Å². The molecule has 1 fully saturated rings. The number of Topliss-reactive ketones (excluding diaryl/α,β-unsaturated/α-hetero) is 1. The van der Waals surface area contributed by atoms with Gasteiger partial charge >= 0.3 is 5.69 Å². The predicted molar refractivity (Wildman–Crippen MR) is 61.3 cm³/mol. The van der Waals surface area contributed by atoms with Crippen molar-refractivity contribution in [3.05, 3.63) is 33.1 Å². The number of ketones is 1. The molecule has 3 atom stereocenters. The van der Waals surface area contributed by atoms with Crippen LogP contribution in [0.1, 0.15) is 19.4 Å². The fraction of sp³-hybridized carbons (Fsp3) is 0.545. The fourth-order valence-electron chi connectivity index (χ4n) is 1.97. The summed E-state index contributed by atoms with van der Waals surface area (Å²) in [6.07, 6.45) is 0.224. The normalized spacial score (nSPS) is 28.3. The zero-order chi connectivity index (χ0) is 13.3. The summed E-state index contributed by atoms with van der Waals surface area (Å²) in [5, 5.41) is 0. The molecule has 0 radical (unpaired) electrons. The van der Waals surface area contributed by atoms with E-state index in [0.29, 0.717) is 0 Å². The van der Waals surface area contributed by atoms with Crippen LogP contribution < -0.4 is 11.2 Å². The van der Waals surface area contributed by atoms with Crippen molar-refractivity contribution in [2.24, 2.45) is 0 Å². The molecular weight excluding hydrogens is 240 g/mol. The Bertz CT molecular complexity index is 561. The Labute approximate surface area is 102 Å². The third-order valence-electron chi connectivity index (χ3n) is 2.96. The summed E-state index contributed by atoms with van der Waals surface area (Å²) >= 11 is 0. The van der Waals surface area contributed by atoms with Gasteiger partial charge in [0.15, 0.2) is 12.1 Å². The number of methoxy groups -OCH3 is 1. The van der Waals surface area contributed by atoms with Gasteiger partial charge in [0.2, 0.25) is 0 Å². The van der Waals surface area contributed by atoms with Crippen molar-refractivity contribution in [1.29, 1.82) is 0 Å². The highest BCUT2D eigenvalue weighted by Gasteiger charge is 2.36. The Kier molecular flexibility index (Phi) is 3.44. The van der Waals surface area contributed by atoms with Crippen LogP contribution in [0.15, 0.2) is 21.9 Å². The highest BCUT2D eigenvalue weighted by Crippen LogP contribution is 2.26. The minimum absolute atomic E-state index is 0.105. The van der Waals surface area contributed by atoms with E-state index < -0.39 is 29.7 Å². The Morgan fingerprint density at radius 1 is 1.44 bits per heavy atom. The van der Waals surface area contributed by atoms with Crippen LogP contribution in [0.3, 0.4) is 0 Å². The van der Waals surface area contributed by atoms with Crippen molar-refractivity contribution in [3.8, 4) is 0 Å². The van der Waals surface area contributed by atoms with Crippen LogP contribution in [0.4, 0.5) is 0 Å². The average molecular weight is 254 g/mol. The Morgan fingerprint density at radius 2 is 2.17 bits per heavy atom. The summed E-state index contributed by atoms with van der Waals surface area (Å²) in [5.41, 5.74) is -1.07. The van der Waals surface area contributed by atoms with E-state index in [2.05, 4.69) is 4.98 Å². The average Bonchev–Trinajstić information content (AvgIpc) is 2.32. The maximum Gasteiger partial charge on any atom is 0.328 e. The lowest BCUT2D eigenvalue weighted by Crippen LogP contribution is -2.46. The molecule has 0 bridgehead atoms. The number of rotatable bonds is 2. The summed E-state index contributed by atoms with van der Waals surface area (Å²) in [5.74, 6) is -0.105. The van der Waals surface area contributed by atoms with E-state index in [1.807, 2.05) is 0 Å². The van der Waals surface area contributed by atoms with Crippen LogP contribution in [0.25, 0.3) is 0 Å². The molecule has 7 nitrogen and oxygen atoms in total. The van der Waals surface area contributed by atoms with Crippen molar-refractivity contribution in [1.82, 2.24) is 9.55 Å². The molecule has 18 heavy (non-hydrogen) atoms. The summed E-state index contributed by atoms with van der Waals surface area (Å²) in [4.78, 5) is 36.5. The molecule has 0 saturated carbocycles. The molecule has 0 aliphatic carbocycles. The minimum Gasteiger partial charge on any atom is -0.354 e. The lowest BCUT2D eigenvalue weighted by Gasteiger charge is -2.33. The molecule has 0 spiro atoms. The third-order valence-corrected chi connectivity index (χ3v) is 2.96. The van der Waals surface area contributed by atoms with Crippen LogP contribution in [0, 0.1) is 0 Å². The molecule has 0 unspecified atom stereocenters. The lowest BCUT2D eigenvalue weighted by molar-refractivity contribution is -0.200. The SMILES string of the molecule is CO[C@H]1O[C@H](C)C(=O)C[C@@H]1n1ccc(=O)[nH]c1=O. The molecular formula is C11H14N2O5. The first-order valence-corrected chi connectivity index (χ1v) is 5.55. The predicted octanol–water partition coefficient (Wildman–Crippen LogP) is -0.572. The van der Waals surface area contributed by atoms with E-state index >= 15 is 0 Å². The summed E-state index contributed by atoms with van der Waals surface area (Å²) in [6.45, 7) is 1.64. The summed E-state index contributed by atoms with van der Waals surface area (Å²) in [6, 6.07) is 0.652. The number of nitrogens with one attached hydrogen (secondary N) is 1. The van der Waals surface area contributed by atoms with Gasteiger partial charge in [-0.1, -0.05) is 0 Å². The Balaban J connectivity index is 2.38. The second kappa shape index (κ2) is 4.87. The highest BCUT2D eigenvalue weighted by atomic mass is 16.7. The van der Waals surface area contributed by atoms with Gasteiger partial charge in [-0.15, -0.1) is 0 Å². The molecule has 1 aromatic rings. The summed E-state index contributed by atoms with van der Waals surface area (Å²) in [7, 11) is 1.44. The van der Waals surface area contributed by atoms with Gasteiger partial charge in [-0.25, -0.2) is 4.79 Å². The van der Waals surface area contributed by atoms with E-state index in [0.717, 1.165) is 0 Å². The highest BCUT2D eigenvalue weighted by molar-refractivity contribution is 5.83. The first-order valence-electron chi connectivity index (χ1n) is 5.55. The molecule has 1 N–H and O–H groups in total. The molecule has 2 rings (SSSR count). The molecule has 7 heteroatoms. The smallest absolute Gasteiger partial charge is 0.328 e. The molecule has 1 aromatic heterocycles. The molecule has 1 saturated heterocycles. The minimum atomic E-state index is -0.693. The number of carbonyl (C=O) groups is 1. The second-order valence-electron chi connectivity index (χ2n) is 4.14. The topological polar surface area (TPSA) is 90.4 Å². The number of H-pyrrole nitrogens is 1. The summed E-state index contributed by atoms with van der Waals surface area (Å²) < 4.78 is 11.8. The monoisotopic (exact) mass is 254 g/mol. The van der Waals surface area contributed by atoms with Gasteiger partial charge in [0, 0.05) is 25.8 Å². The van der Waals surface area contributed by atoms with E-state index in [1.165, 1.54) is 23.9 Å². The van der Waals surface area contributed by atoms with Crippen molar-refractivity contribution >= 4 is 5.78 Å². The van der Waals surface area contributed by atoms with Crippen LogP contribution in [0.2, 0.25) is 0 Å². The quantitative estimate of drug-likeness (QED) is 0.763. The second-order valence-corrected chi connectivity index (χ2v) is 4.14. The largest absolute Gasteiger partial charge is 0.354 e. The van der Waals surface area contributed by atoms with Crippen molar-refractivity contribution in [2.75, 3.05) is 7.11 Å². The molecule has 0 amide bonds. The number of hydrogen-bond acceptors (Lipinski definition) is 5. The molecule has 1 aliphatic rings. The maximum atomic E-state index is 11.7. The number of nitrogens with zero attached hydrogens (tertiary/aromatic N) is 1. The van der Waals surface area contributed by atoms with E-state index in [4.69, 9.17) is 9.47 Å². The fourth-order valence-corrected chi connectivity index (χ4v) is 1.97. The van der Waals surface area contributed by atoms with Gasteiger partial charge in [0.25, 0.3) is 5.56 Å². The van der Waals surface area contributed by atoms with Gasteiger partial charge in [0.05, 0.1) is 6.04 Å². The number of ether oxygens (including phenoxy) is 2. The van der Waals surface area contributed by atoms with Gasteiger partial charge < -0.3 is 9.47 Å². The van der Waals surface area contributed by atoms with Gasteiger partial charge in [-0.2, -0.15) is 0 Å². The van der Waals surface area contributed by atoms with Crippen LogP contribution in [-0.4, -0.2) is 34.8 Å². The van der Waals surface area contributed by atoms with E-state index in [-0.39, 0.29) is 12.2 Å². The van der Waals surface area contributed by atoms with Crippen molar-refractivity contribution in [2.45, 2.75) is 31.8 Å². The lowest BCUT2D eigenvalue weighted by atomic mass is 10.0. The first-order chi connectivity index (χ1) is 8.52. The van der Waals surface area contributed by atoms with Crippen LogP contribution >= 0.6 is 0 Å². The number of carbonyl (C=O) groups excluding carboxylic acids is 1. The van der Waals surface area contributed by atoms with Crippen LogP contribution in [-0.2, 0) is 14.3 Å². The van der Waals surface area contributed by atoms with Gasteiger partial charge in [-0.3, -0.25) is 19.1 Å². The van der Waals surface area contributed by atoms with E-state index in [1.54, 1.807) is 6.92 Å². The molecule has 2 heterocycles. The number of aromatic nitrogens is 2. The first kappa shape index (κ1) is 12.7.